The molecule has 0 N–H and O–H groups in total. The van der Waals surface area contributed by atoms with Crippen LogP contribution in [0.15, 0.2) is 52.9 Å². The lowest BCUT2D eigenvalue weighted by molar-refractivity contribution is -0.152. The summed E-state index contributed by atoms with van der Waals surface area (Å²) in [6.45, 7) is 1.85. The molecule has 27 heavy (non-hydrogen) atoms. The number of rotatable bonds is 5. The van der Waals surface area contributed by atoms with E-state index in [0.29, 0.717) is 28.7 Å². The van der Waals surface area contributed by atoms with Gasteiger partial charge in [-0.2, -0.15) is 0 Å². The quantitative estimate of drug-likeness (QED) is 0.642. The van der Waals surface area contributed by atoms with Gasteiger partial charge in [-0.25, -0.2) is 9.59 Å². The zero-order valence-electron chi connectivity index (χ0n) is 14.8. The number of furan rings is 1. The third-order valence-electron chi connectivity index (χ3n) is 4.43. The largest absolute Gasteiger partial charge is 0.478 e. The zero-order valence-corrected chi connectivity index (χ0v) is 14.8. The number of fused-ring (bicyclic) bond motifs is 2. The van der Waals surface area contributed by atoms with Crippen molar-refractivity contribution in [3.63, 3.8) is 0 Å². The lowest BCUT2D eigenvalue weighted by atomic mass is 10.1. The number of ether oxygens (including phenoxy) is 3. The fraction of sp³-hybridized carbons (Fsp3) is 0.238. The molecule has 0 saturated carbocycles. The molecule has 0 radical (unpaired) electrons. The molecule has 0 aliphatic carbocycles. The van der Waals surface area contributed by atoms with E-state index in [1.54, 1.807) is 19.1 Å². The molecule has 1 unspecified atom stereocenters. The molecule has 3 aromatic rings. The van der Waals surface area contributed by atoms with Crippen LogP contribution in [0.25, 0.3) is 11.0 Å². The van der Waals surface area contributed by atoms with Crippen molar-refractivity contribution in [2.75, 3.05) is 6.61 Å². The maximum absolute atomic E-state index is 12.5. The number of para-hydroxylation sites is 2. The first-order valence-electron chi connectivity index (χ1n) is 8.76. The van der Waals surface area contributed by atoms with Gasteiger partial charge >= 0.3 is 11.9 Å². The molecular weight excluding hydrogens is 348 g/mol. The van der Waals surface area contributed by atoms with Gasteiger partial charge in [-0.05, 0) is 24.6 Å². The first-order chi connectivity index (χ1) is 13.2. The number of esters is 2. The van der Waals surface area contributed by atoms with Crippen molar-refractivity contribution in [1.82, 2.24) is 0 Å². The van der Waals surface area contributed by atoms with Gasteiger partial charge in [-0.3, -0.25) is 0 Å². The number of carbonyl (C=O) groups is 2. The lowest BCUT2D eigenvalue weighted by Gasteiger charge is -2.11. The molecule has 0 spiro atoms. The predicted octanol–water partition coefficient (Wildman–Crippen LogP) is 3.66. The smallest absolute Gasteiger partial charge is 0.374 e. The van der Waals surface area contributed by atoms with Gasteiger partial charge in [0.2, 0.25) is 5.76 Å². The molecule has 1 aliphatic heterocycles. The van der Waals surface area contributed by atoms with Crippen LogP contribution in [0.4, 0.5) is 0 Å². The number of benzene rings is 2. The minimum atomic E-state index is -0.688. The van der Waals surface area contributed by atoms with Crippen molar-refractivity contribution in [2.45, 2.75) is 26.1 Å². The van der Waals surface area contributed by atoms with Crippen LogP contribution in [0.5, 0.6) is 5.75 Å². The van der Waals surface area contributed by atoms with Gasteiger partial charge in [0.15, 0.2) is 6.10 Å². The van der Waals surface area contributed by atoms with E-state index in [-0.39, 0.29) is 19.0 Å². The Labute approximate surface area is 155 Å². The third-order valence-corrected chi connectivity index (χ3v) is 4.43. The highest BCUT2D eigenvalue weighted by molar-refractivity contribution is 5.96. The molecule has 0 saturated heterocycles. The van der Waals surface area contributed by atoms with E-state index in [9.17, 15) is 9.59 Å². The van der Waals surface area contributed by atoms with E-state index in [1.807, 2.05) is 36.4 Å². The maximum Gasteiger partial charge on any atom is 0.374 e. The average molecular weight is 366 g/mol. The minimum absolute atomic E-state index is 0.0569. The Morgan fingerprint density at radius 3 is 2.67 bits per heavy atom. The Kier molecular flexibility index (Phi) is 4.54. The van der Waals surface area contributed by atoms with Gasteiger partial charge in [0.05, 0.1) is 12.2 Å². The highest BCUT2D eigenvalue weighted by Gasteiger charge is 2.31. The van der Waals surface area contributed by atoms with Crippen LogP contribution < -0.4 is 4.74 Å². The van der Waals surface area contributed by atoms with E-state index < -0.39 is 18.0 Å². The normalized spacial score (nSPS) is 15.2. The monoisotopic (exact) mass is 366 g/mol. The second kappa shape index (κ2) is 7.15. The molecule has 4 rings (SSSR count). The summed E-state index contributed by atoms with van der Waals surface area (Å²) in [6.07, 6.45) is -0.224. The topological polar surface area (TPSA) is 75.0 Å². The highest BCUT2D eigenvalue weighted by Crippen LogP contribution is 2.30. The lowest BCUT2D eigenvalue weighted by Crippen LogP contribution is -2.27. The summed E-state index contributed by atoms with van der Waals surface area (Å²) in [4.78, 5) is 24.7. The van der Waals surface area contributed by atoms with Gasteiger partial charge in [-0.1, -0.05) is 36.4 Å². The summed E-state index contributed by atoms with van der Waals surface area (Å²) < 4.78 is 21.8. The van der Waals surface area contributed by atoms with Gasteiger partial charge in [0, 0.05) is 11.8 Å². The number of hydrogen-bond acceptors (Lipinski definition) is 6. The molecule has 138 valence electrons. The van der Waals surface area contributed by atoms with Crippen LogP contribution in [0.3, 0.4) is 0 Å². The molecule has 2 heterocycles. The molecular formula is C21H18O6. The Balaban J connectivity index is 1.52. The van der Waals surface area contributed by atoms with E-state index in [4.69, 9.17) is 18.6 Å². The van der Waals surface area contributed by atoms with Crippen LogP contribution in [0.1, 0.15) is 28.6 Å². The summed E-state index contributed by atoms with van der Waals surface area (Å²) in [5.74, 6) is -0.308. The van der Waals surface area contributed by atoms with Crippen LogP contribution in [0, 0.1) is 0 Å². The Bertz CT molecular complexity index is 978. The van der Waals surface area contributed by atoms with Crippen LogP contribution in [-0.2, 0) is 27.3 Å². The third kappa shape index (κ3) is 3.26. The summed E-state index contributed by atoms with van der Waals surface area (Å²) in [5.41, 5.74) is 2.00. The fourth-order valence-electron chi connectivity index (χ4n) is 3.15. The van der Waals surface area contributed by atoms with E-state index in [1.165, 1.54) is 0 Å². The minimum Gasteiger partial charge on any atom is -0.478 e. The van der Waals surface area contributed by atoms with Crippen molar-refractivity contribution < 1.29 is 28.2 Å². The van der Waals surface area contributed by atoms with Gasteiger partial charge in [-0.15, -0.1) is 0 Å². The molecule has 0 bridgehead atoms. The Hall–Kier alpha value is -3.28. The molecule has 1 aliphatic rings. The first-order valence-corrected chi connectivity index (χ1v) is 8.76. The SMILES string of the molecule is CCOC(=O)c1oc2ccccc2c1COC(=O)C1Cc2ccccc2O1. The van der Waals surface area contributed by atoms with Crippen LogP contribution in [-0.4, -0.2) is 24.6 Å². The summed E-state index contributed by atoms with van der Waals surface area (Å²) >= 11 is 0. The zero-order chi connectivity index (χ0) is 18.8. The van der Waals surface area contributed by atoms with Crippen molar-refractivity contribution in [3.05, 3.63) is 65.4 Å². The number of hydrogen-bond donors (Lipinski definition) is 0. The number of carbonyl (C=O) groups excluding carboxylic acids is 2. The van der Waals surface area contributed by atoms with Crippen molar-refractivity contribution >= 4 is 22.9 Å². The van der Waals surface area contributed by atoms with Crippen molar-refractivity contribution in [3.8, 4) is 5.75 Å². The molecule has 0 amide bonds. The maximum atomic E-state index is 12.5. The first kappa shape index (κ1) is 17.1. The Morgan fingerprint density at radius 1 is 1.07 bits per heavy atom. The molecule has 6 heteroatoms. The second-order valence-corrected chi connectivity index (χ2v) is 6.15. The van der Waals surface area contributed by atoms with Crippen molar-refractivity contribution in [2.24, 2.45) is 0 Å². The van der Waals surface area contributed by atoms with Gasteiger partial charge < -0.3 is 18.6 Å². The summed E-state index contributed by atoms with van der Waals surface area (Å²) in [6, 6.07) is 14.7. The predicted molar refractivity (Wildman–Crippen MR) is 96.5 cm³/mol. The molecule has 1 aromatic heterocycles. The highest BCUT2D eigenvalue weighted by atomic mass is 16.6. The molecule has 6 nitrogen and oxygen atoms in total. The molecule has 1 atom stereocenters. The standard InChI is InChI=1S/C21H18O6/c1-2-24-21(23)19-15(14-8-4-6-10-17(14)27-19)12-25-20(22)18-11-13-7-3-5-9-16(13)26-18/h3-10,18H,2,11-12H2,1H3. The van der Waals surface area contributed by atoms with E-state index in [0.717, 1.165) is 5.56 Å². The Morgan fingerprint density at radius 2 is 1.85 bits per heavy atom. The van der Waals surface area contributed by atoms with Crippen molar-refractivity contribution in [1.29, 1.82) is 0 Å². The van der Waals surface area contributed by atoms with Gasteiger partial charge in [0.25, 0.3) is 0 Å². The van der Waals surface area contributed by atoms with E-state index >= 15 is 0 Å². The van der Waals surface area contributed by atoms with Crippen LogP contribution in [0.2, 0.25) is 0 Å². The summed E-state index contributed by atoms with van der Waals surface area (Å²) in [5, 5.41) is 0.712. The molecule has 2 aromatic carbocycles. The second-order valence-electron chi connectivity index (χ2n) is 6.15. The average Bonchev–Trinajstić information content (AvgIpc) is 3.28. The summed E-state index contributed by atoms with van der Waals surface area (Å²) in [7, 11) is 0. The van der Waals surface area contributed by atoms with E-state index in [2.05, 4.69) is 0 Å². The van der Waals surface area contributed by atoms with Gasteiger partial charge in [0.1, 0.15) is 17.9 Å². The fourth-order valence-corrected chi connectivity index (χ4v) is 3.15. The van der Waals surface area contributed by atoms with Crippen LogP contribution >= 0.6 is 0 Å². The molecule has 0 fully saturated rings.